The monoisotopic (exact) mass is 436 g/mol. The summed E-state index contributed by atoms with van der Waals surface area (Å²) in [6.45, 7) is 0. The van der Waals surface area contributed by atoms with Gasteiger partial charge in [0.2, 0.25) is 5.91 Å². The van der Waals surface area contributed by atoms with Crippen molar-refractivity contribution in [3.63, 3.8) is 0 Å². The fraction of sp³-hybridized carbons (Fsp3) is 0.143. The van der Waals surface area contributed by atoms with Crippen LogP contribution in [0, 0.1) is 0 Å². The van der Waals surface area contributed by atoms with Crippen molar-refractivity contribution in [3.8, 4) is 11.1 Å². The Bertz CT molecular complexity index is 1150. The molecule has 166 valence electrons. The summed E-state index contributed by atoms with van der Waals surface area (Å²) in [7, 11) is 3.98. The Balaban J connectivity index is 1.55. The Kier molecular flexibility index (Phi) is 6.81. The van der Waals surface area contributed by atoms with E-state index in [1.165, 1.54) is 0 Å². The smallest absolute Gasteiger partial charge is 0.242 e. The lowest BCUT2D eigenvalue weighted by molar-refractivity contribution is -0.117. The number of carbonyl (C=O) groups is 1. The average molecular weight is 437 g/mol. The van der Waals surface area contributed by atoms with Crippen LogP contribution in [-0.4, -0.2) is 31.0 Å². The predicted molar refractivity (Wildman–Crippen MR) is 135 cm³/mol. The number of carbonyl (C=O) groups excluding carboxylic acids is 1. The molecule has 5 heteroatoms. The topological polar surface area (TPSA) is 71.2 Å². The molecule has 3 N–H and O–H groups in total. The molecule has 4 aromatic rings. The first-order chi connectivity index (χ1) is 16.0. The normalized spacial score (nSPS) is 11.8. The van der Waals surface area contributed by atoms with Crippen LogP contribution in [0.1, 0.15) is 17.0 Å². The fourth-order valence-electron chi connectivity index (χ4n) is 4.02. The highest BCUT2D eigenvalue weighted by Crippen LogP contribution is 2.30. The molecule has 0 saturated heterocycles. The number of hydrogen-bond acceptors (Lipinski definition) is 4. The van der Waals surface area contributed by atoms with E-state index in [9.17, 15) is 4.79 Å². The van der Waals surface area contributed by atoms with Gasteiger partial charge in [0, 0.05) is 37.5 Å². The zero-order valence-corrected chi connectivity index (χ0v) is 18.8. The molecule has 0 bridgehead atoms. The summed E-state index contributed by atoms with van der Waals surface area (Å²) in [6, 6.07) is 28.9. The van der Waals surface area contributed by atoms with Crippen LogP contribution in [-0.2, 0) is 4.79 Å². The van der Waals surface area contributed by atoms with Crippen molar-refractivity contribution in [3.05, 3.63) is 115 Å². The Labute approximate surface area is 194 Å². The molecule has 33 heavy (non-hydrogen) atoms. The minimum absolute atomic E-state index is 0.224. The molecule has 0 aliphatic rings. The first-order valence-corrected chi connectivity index (χ1v) is 10.9. The van der Waals surface area contributed by atoms with E-state index in [0.29, 0.717) is 5.69 Å². The lowest BCUT2D eigenvalue weighted by Crippen LogP contribution is -2.41. The highest BCUT2D eigenvalue weighted by molar-refractivity contribution is 5.96. The van der Waals surface area contributed by atoms with Crippen LogP contribution in [0.2, 0.25) is 0 Å². The van der Waals surface area contributed by atoms with Crippen molar-refractivity contribution in [1.82, 2.24) is 4.98 Å². The molecule has 1 unspecified atom stereocenters. The molecule has 0 aliphatic heterocycles. The number of rotatable bonds is 7. The lowest BCUT2D eigenvalue weighted by Gasteiger charge is -2.24. The summed E-state index contributed by atoms with van der Waals surface area (Å²) in [6.07, 6.45) is 3.63. The molecule has 1 atom stereocenters. The fourth-order valence-corrected chi connectivity index (χ4v) is 4.02. The number of hydrogen-bond donors (Lipinski definition) is 2. The maximum atomic E-state index is 13.1. The molecule has 1 amide bonds. The first-order valence-electron chi connectivity index (χ1n) is 10.9. The van der Waals surface area contributed by atoms with Crippen LogP contribution in [0.3, 0.4) is 0 Å². The lowest BCUT2D eigenvalue weighted by atomic mass is 9.85. The number of nitrogens with zero attached hydrogens (tertiary/aromatic N) is 2. The maximum Gasteiger partial charge on any atom is 0.242 e. The zero-order chi connectivity index (χ0) is 23.2. The largest absolute Gasteiger partial charge is 0.376 e. The molecule has 0 aliphatic carbocycles. The summed E-state index contributed by atoms with van der Waals surface area (Å²) in [5.74, 6) is -0.468. The van der Waals surface area contributed by atoms with Gasteiger partial charge >= 0.3 is 0 Å². The number of nitrogens with two attached hydrogens (primary N) is 1. The second-order valence-corrected chi connectivity index (χ2v) is 8.18. The Morgan fingerprint density at radius 1 is 0.848 bits per heavy atom. The van der Waals surface area contributed by atoms with Crippen molar-refractivity contribution in [2.75, 3.05) is 24.3 Å². The van der Waals surface area contributed by atoms with Gasteiger partial charge in [0.1, 0.15) is 0 Å². The van der Waals surface area contributed by atoms with Crippen molar-refractivity contribution >= 4 is 17.3 Å². The van der Waals surface area contributed by atoms with Crippen molar-refractivity contribution in [1.29, 1.82) is 0 Å². The molecular weight excluding hydrogens is 408 g/mol. The van der Waals surface area contributed by atoms with E-state index in [-0.39, 0.29) is 11.8 Å². The van der Waals surface area contributed by atoms with E-state index in [0.717, 1.165) is 27.9 Å². The average Bonchev–Trinajstić information content (AvgIpc) is 2.86. The summed E-state index contributed by atoms with van der Waals surface area (Å²) in [4.78, 5) is 19.4. The van der Waals surface area contributed by atoms with Gasteiger partial charge in [-0.25, -0.2) is 0 Å². The summed E-state index contributed by atoms with van der Waals surface area (Å²) in [5.41, 5.74) is 12.4. The van der Waals surface area contributed by atoms with Gasteiger partial charge in [-0.3, -0.25) is 9.78 Å². The second kappa shape index (κ2) is 10.1. The van der Waals surface area contributed by atoms with E-state index in [1.807, 2.05) is 116 Å². The molecule has 1 heterocycles. The van der Waals surface area contributed by atoms with Gasteiger partial charge in [0.25, 0.3) is 0 Å². The minimum atomic E-state index is -0.741. The summed E-state index contributed by atoms with van der Waals surface area (Å²) in [5, 5.41) is 2.99. The number of amides is 1. The Morgan fingerprint density at radius 2 is 1.42 bits per heavy atom. The molecule has 0 fully saturated rings. The number of pyridine rings is 1. The van der Waals surface area contributed by atoms with Crippen molar-refractivity contribution in [2.45, 2.75) is 12.0 Å². The summed E-state index contributed by atoms with van der Waals surface area (Å²) < 4.78 is 0. The molecule has 1 aromatic heterocycles. The molecule has 0 radical (unpaired) electrons. The van der Waals surface area contributed by atoms with Gasteiger partial charge in [0.15, 0.2) is 0 Å². The van der Waals surface area contributed by atoms with Crippen LogP contribution in [0.4, 0.5) is 11.4 Å². The van der Waals surface area contributed by atoms with E-state index in [1.54, 1.807) is 6.20 Å². The Hall–Kier alpha value is -3.96. The number of benzene rings is 3. The van der Waals surface area contributed by atoms with Gasteiger partial charge in [0.05, 0.1) is 17.9 Å². The number of nitrogens with one attached hydrogen (secondary N) is 1. The van der Waals surface area contributed by atoms with E-state index < -0.39 is 6.04 Å². The minimum Gasteiger partial charge on any atom is -0.376 e. The van der Waals surface area contributed by atoms with Gasteiger partial charge in [-0.15, -0.1) is 0 Å². The maximum absolute atomic E-state index is 13.1. The van der Waals surface area contributed by atoms with Crippen LogP contribution >= 0.6 is 0 Å². The standard InChI is InChI=1S/C28H28N4O/c1-32(2)25-19-30-18-17-24(25)20-13-15-23(16-14-20)31-28(33)27(29)26(21-9-5-3-6-10-21)22-11-7-4-8-12-22/h3-19,26-27H,29H2,1-2H3,(H,31,33). The SMILES string of the molecule is CN(C)c1cnccc1-c1ccc(NC(=O)C(N)C(c2ccccc2)c2ccccc2)cc1. The third-order valence-corrected chi connectivity index (χ3v) is 5.72. The van der Waals surface area contributed by atoms with E-state index in [2.05, 4.69) is 10.3 Å². The predicted octanol–water partition coefficient (Wildman–Crippen LogP) is 4.91. The van der Waals surface area contributed by atoms with E-state index in [4.69, 9.17) is 5.73 Å². The second-order valence-electron chi connectivity index (χ2n) is 8.18. The molecule has 3 aromatic carbocycles. The van der Waals surface area contributed by atoms with Crippen molar-refractivity contribution < 1.29 is 4.79 Å². The highest BCUT2D eigenvalue weighted by Gasteiger charge is 2.27. The van der Waals surface area contributed by atoms with Gasteiger partial charge in [-0.2, -0.15) is 0 Å². The Morgan fingerprint density at radius 3 is 1.97 bits per heavy atom. The quantitative estimate of drug-likeness (QED) is 0.432. The van der Waals surface area contributed by atoms with Gasteiger partial charge < -0.3 is 16.0 Å². The number of aromatic nitrogens is 1. The number of anilines is 2. The van der Waals surface area contributed by atoms with Crippen molar-refractivity contribution in [2.24, 2.45) is 5.73 Å². The zero-order valence-electron chi connectivity index (χ0n) is 18.8. The van der Waals surface area contributed by atoms with Crippen LogP contribution in [0.25, 0.3) is 11.1 Å². The van der Waals surface area contributed by atoms with Gasteiger partial charge in [-0.1, -0.05) is 72.8 Å². The molecular formula is C28H28N4O. The molecule has 5 nitrogen and oxygen atoms in total. The van der Waals surface area contributed by atoms with Crippen LogP contribution in [0.5, 0.6) is 0 Å². The van der Waals surface area contributed by atoms with E-state index >= 15 is 0 Å². The van der Waals surface area contributed by atoms with Gasteiger partial charge in [-0.05, 0) is 34.9 Å². The molecule has 4 rings (SSSR count). The van der Waals surface area contributed by atoms with Crippen LogP contribution in [0.15, 0.2) is 103 Å². The molecule has 0 saturated carbocycles. The molecule has 0 spiro atoms. The highest BCUT2D eigenvalue weighted by atomic mass is 16.2. The third-order valence-electron chi connectivity index (χ3n) is 5.72. The van der Waals surface area contributed by atoms with Crippen LogP contribution < -0.4 is 16.0 Å². The third kappa shape index (κ3) is 5.10. The first kappa shape index (κ1) is 22.2. The summed E-state index contributed by atoms with van der Waals surface area (Å²) >= 11 is 0.